The molecule has 0 aliphatic heterocycles. The molecule has 0 N–H and O–H groups in total. The number of thiophene rings is 1. The van der Waals surface area contributed by atoms with E-state index in [-0.39, 0.29) is 0 Å². The molecule has 0 fully saturated rings. The minimum Gasteiger partial charge on any atom is -0.354 e. The minimum atomic E-state index is 0.569. The van der Waals surface area contributed by atoms with Crippen LogP contribution in [0, 0.1) is 0 Å². The molecular weight excluding hydrogens is 266 g/mol. The zero-order chi connectivity index (χ0) is 13.0. The van der Waals surface area contributed by atoms with Crippen LogP contribution in [0.2, 0.25) is 5.15 Å². The summed E-state index contributed by atoms with van der Waals surface area (Å²) in [6, 6.07) is 4.19. The van der Waals surface area contributed by atoms with E-state index in [0.29, 0.717) is 5.15 Å². The summed E-state index contributed by atoms with van der Waals surface area (Å²) in [6.07, 6.45) is 3.47. The van der Waals surface area contributed by atoms with Crippen LogP contribution < -0.4 is 4.90 Å². The molecule has 0 aromatic carbocycles. The van der Waals surface area contributed by atoms with E-state index in [1.165, 1.54) is 11.2 Å². The van der Waals surface area contributed by atoms with Crippen molar-refractivity contribution in [3.8, 4) is 0 Å². The molecule has 96 valence electrons. The molecule has 0 saturated heterocycles. The molecule has 0 amide bonds. The largest absolute Gasteiger partial charge is 0.354 e. The number of nitrogens with zero attached hydrogens (tertiary/aromatic N) is 3. The van der Waals surface area contributed by atoms with Gasteiger partial charge in [0.05, 0.1) is 6.54 Å². The molecule has 2 aromatic heterocycles. The molecule has 5 heteroatoms. The first kappa shape index (κ1) is 13.3. The highest BCUT2D eigenvalue weighted by Gasteiger charge is 2.13. The van der Waals surface area contributed by atoms with E-state index in [1.54, 1.807) is 11.3 Å². The Morgan fingerprint density at radius 3 is 2.89 bits per heavy atom. The molecule has 0 saturated carbocycles. The van der Waals surface area contributed by atoms with Crippen LogP contribution >= 0.6 is 22.9 Å². The zero-order valence-electron chi connectivity index (χ0n) is 10.6. The summed E-state index contributed by atoms with van der Waals surface area (Å²) in [5.74, 6) is 0.935. The van der Waals surface area contributed by atoms with Gasteiger partial charge < -0.3 is 4.90 Å². The molecule has 2 rings (SSSR count). The average molecular weight is 282 g/mol. The Hall–Kier alpha value is -1.13. The topological polar surface area (TPSA) is 29.0 Å². The first-order valence-corrected chi connectivity index (χ1v) is 7.21. The standard InChI is InChI=1S/C13H16ClN3S/c1-3-5-11-12(14)15-9-16-13(11)17(2)8-10-6-4-7-18-10/h4,6-7,9H,3,5,8H2,1-2H3. The molecule has 3 nitrogen and oxygen atoms in total. The Morgan fingerprint density at radius 2 is 2.22 bits per heavy atom. The van der Waals surface area contributed by atoms with Gasteiger partial charge in [0.15, 0.2) is 0 Å². The quantitative estimate of drug-likeness (QED) is 0.781. The normalized spacial score (nSPS) is 10.6. The van der Waals surface area contributed by atoms with E-state index >= 15 is 0 Å². The smallest absolute Gasteiger partial charge is 0.137 e. The van der Waals surface area contributed by atoms with E-state index in [9.17, 15) is 0 Å². The van der Waals surface area contributed by atoms with Gasteiger partial charge in [0.2, 0.25) is 0 Å². The highest BCUT2D eigenvalue weighted by Crippen LogP contribution is 2.25. The Balaban J connectivity index is 2.23. The first-order chi connectivity index (χ1) is 8.72. The van der Waals surface area contributed by atoms with Crippen molar-refractivity contribution in [1.82, 2.24) is 9.97 Å². The molecule has 2 aromatic rings. The molecule has 0 bridgehead atoms. The van der Waals surface area contributed by atoms with Crippen LogP contribution in [0.25, 0.3) is 0 Å². The van der Waals surface area contributed by atoms with E-state index in [0.717, 1.165) is 30.8 Å². The summed E-state index contributed by atoms with van der Waals surface area (Å²) in [5, 5.41) is 2.66. The van der Waals surface area contributed by atoms with Crippen molar-refractivity contribution in [2.75, 3.05) is 11.9 Å². The fourth-order valence-electron chi connectivity index (χ4n) is 1.89. The third kappa shape index (κ3) is 3.00. The average Bonchev–Trinajstić information content (AvgIpc) is 2.84. The molecule has 0 spiro atoms. The van der Waals surface area contributed by atoms with Gasteiger partial charge in [-0.25, -0.2) is 9.97 Å². The highest BCUT2D eigenvalue weighted by atomic mass is 35.5. The van der Waals surface area contributed by atoms with Gasteiger partial charge >= 0.3 is 0 Å². The fraction of sp³-hybridized carbons (Fsp3) is 0.385. The number of anilines is 1. The minimum absolute atomic E-state index is 0.569. The molecule has 0 unspecified atom stereocenters. The van der Waals surface area contributed by atoms with Gasteiger partial charge in [-0.05, 0) is 17.9 Å². The van der Waals surface area contributed by atoms with Crippen LogP contribution in [0.3, 0.4) is 0 Å². The maximum absolute atomic E-state index is 6.16. The van der Waals surface area contributed by atoms with Gasteiger partial charge in [0.1, 0.15) is 17.3 Å². The lowest BCUT2D eigenvalue weighted by atomic mass is 10.2. The molecule has 18 heavy (non-hydrogen) atoms. The maximum atomic E-state index is 6.16. The Bertz CT molecular complexity index is 499. The van der Waals surface area contributed by atoms with Crippen LogP contribution in [0.15, 0.2) is 23.8 Å². The van der Waals surface area contributed by atoms with Crippen molar-refractivity contribution in [1.29, 1.82) is 0 Å². The van der Waals surface area contributed by atoms with Crippen LogP contribution in [0.4, 0.5) is 5.82 Å². The molecule has 0 atom stereocenters. The fourth-order valence-corrected chi connectivity index (χ4v) is 2.87. The predicted octanol–water partition coefficient (Wildman–Crippen LogP) is 3.78. The molecule has 0 aliphatic carbocycles. The summed E-state index contributed by atoms with van der Waals surface area (Å²) in [4.78, 5) is 11.9. The van der Waals surface area contributed by atoms with Crippen LogP contribution in [0.5, 0.6) is 0 Å². The third-order valence-corrected chi connectivity index (χ3v) is 3.89. The number of hydrogen-bond donors (Lipinski definition) is 0. The second-order valence-electron chi connectivity index (χ2n) is 4.15. The monoisotopic (exact) mass is 281 g/mol. The van der Waals surface area contributed by atoms with Gasteiger partial charge in [0, 0.05) is 17.5 Å². The molecular formula is C13H16ClN3S. The van der Waals surface area contributed by atoms with Crippen molar-refractivity contribution in [3.05, 3.63) is 39.4 Å². The van der Waals surface area contributed by atoms with Gasteiger partial charge in [-0.15, -0.1) is 11.3 Å². The maximum Gasteiger partial charge on any atom is 0.137 e. The molecule has 2 heterocycles. The van der Waals surface area contributed by atoms with Crippen molar-refractivity contribution < 1.29 is 0 Å². The van der Waals surface area contributed by atoms with Gasteiger partial charge in [-0.1, -0.05) is 31.0 Å². The SMILES string of the molecule is CCCc1c(Cl)ncnc1N(C)Cc1cccs1. The first-order valence-electron chi connectivity index (χ1n) is 5.95. The lowest BCUT2D eigenvalue weighted by molar-refractivity contribution is 0.848. The highest BCUT2D eigenvalue weighted by molar-refractivity contribution is 7.09. The Kier molecular flexibility index (Phi) is 4.55. The number of hydrogen-bond acceptors (Lipinski definition) is 4. The lowest BCUT2D eigenvalue weighted by Crippen LogP contribution is -2.19. The van der Waals surface area contributed by atoms with Gasteiger partial charge in [-0.2, -0.15) is 0 Å². The summed E-state index contributed by atoms with van der Waals surface area (Å²) in [7, 11) is 2.04. The summed E-state index contributed by atoms with van der Waals surface area (Å²) >= 11 is 7.91. The Morgan fingerprint density at radius 1 is 1.39 bits per heavy atom. The van der Waals surface area contributed by atoms with Crippen molar-refractivity contribution >= 4 is 28.8 Å². The molecule has 0 radical (unpaired) electrons. The Labute approximate surface area is 116 Å². The zero-order valence-corrected chi connectivity index (χ0v) is 12.1. The van der Waals surface area contributed by atoms with Crippen molar-refractivity contribution in [2.45, 2.75) is 26.3 Å². The van der Waals surface area contributed by atoms with Crippen molar-refractivity contribution in [2.24, 2.45) is 0 Å². The van der Waals surface area contributed by atoms with E-state index in [4.69, 9.17) is 11.6 Å². The van der Waals surface area contributed by atoms with Crippen LogP contribution in [0.1, 0.15) is 23.8 Å². The molecule has 0 aliphatic rings. The van der Waals surface area contributed by atoms with Crippen LogP contribution in [-0.4, -0.2) is 17.0 Å². The summed E-state index contributed by atoms with van der Waals surface area (Å²) in [6.45, 7) is 2.98. The summed E-state index contributed by atoms with van der Waals surface area (Å²) < 4.78 is 0. The second kappa shape index (κ2) is 6.16. The summed E-state index contributed by atoms with van der Waals surface area (Å²) in [5.41, 5.74) is 1.04. The van der Waals surface area contributed by atoms with Gasteiger partial charge in [-0.3, -0.25) is 0 Å². The van der Waals surface area contributed by atoms with Crippen molar-refractivity contribution in [3.63, 3.8) is 0 Å². The third-order valence-electron chi connectivity index (χ3n) is 2.70. The van der Waals surface area contributed by atoms with E-state index in [2.05, 4.69) is 39.3 Å². The van der Waals surface area contributed by atoms with Gasteiger partial charge in [0.25, 0.3) is 0 Å². The number of aromatic nitrogens is 2. The van der Waals surface area contributed by atoms with Crippen LogP contribution in [-0.2, 0) is 13.0 Å². The number of halogens is 1. The second-order valence-corrected chi connectivity index (χ2v) is 5.54. The number of rotatable bonds is 5. The predicted molar refractivity (Wildman–Crippen MR) is 77.5 cm³/mol. The van der Waals surface area contributed by atoms with E-state index in [1.807, 2.05) is 7.05 Å². The van der Waals surface area contributed by atoms with E-state index < -0.39 is 0 Å². The lowest BCUT2D eigenvalue weighted by Gasteiger charge is -2.20.